The van der Waals surface area contributed by atoms with Crippen molar-refractivity contribution in [3.63, 3.8) is 0 Å². The first-order valence-electron chi connectivity index (χ1n) is 7.98. The standard InChI is InChI=1S/C19H22N2O2S/c1-3-14(2)23-17-11-7-10-16(12-17)18(22)21-19(24)20-13-15-8-5-4-6-9-15/h4-12,14H,3,13H2,1-2H3,(H2,20,21,22,24). The maximum Gasteiger partial charge on any atom is 0.257 e. The Hall–Kier alpha value is -2.40. The quantitative estimate of drug-likeness (QED) is 0.787. The highest BCUT2D eigenvalue weighted by atomic mass is 32.1. The summed E-state index contributed by atoms with van der Waals surface area (Å²) in [7, 11) is 0. The lowest BCUT2D eigenvalue weighted by molar-refractivity contribution is 0.0976. The summed E-state index contributed by atoms with van der Waals surface area (Å²) in [5.41, 5.74) is 1.61. The van der Waals surface area contributed by atoms with Gasteiger partial charge in [0.1, 0.15) is 5.75 Å². The minimum absolute atomic E-state index is 0.108. The SMILES string of the molecule is CCC(C)Oc1cccc(C(=O)NC(=S)NCc2ccccc2)c1. The Morgan fingerprint density at radius 1 is 1.17 bits per heavy atom. The molecule has 2 N–H and O–H groups in total. The summed E-state index contributed by atoms with van der Waals surface area (Å²) in [5.74, 6) is 0.426. The minimum atomic E-state index is -0.254. The third kappa shape index (κ3) is 5.66. The number of carbonyl (C=O) groups is 1. The zero-order chi connectivity index (χ0) is 17.4. The van der Waals surface area contributed by atoms with Crippen LogP contribution in [0.25, 0.3) is 0 Å². The zero-order valence-corrected chi connectivity index (χ0v) is 14.7. The molecular weight excluding hydrogens is 320 g/mol. The van der Waals surface area contributed by atoms with Gasteiger partial charge in [-0.2, -0.15) is 0 Å². The van der Waals surface area contributed by atoms with Gasteiger partial charge in [-0.3, -0.25) is 10.1 Å². The molecule has 0 aromatic heterocycles. The Labute approximate surface area is 148 Å². The van der Waals surface area contributed by atoms with Gasteiger partial charge in [0.2, 0.25) is 0 Å². The molecule has 1 atom stereocenters. The fourth-order valence-electron chi connectivity index (χ4n) is 2.02. The van der Waals surface area contributed by atoms with Crippen molar-refractivity contribution in [3.05, 3.63) is 65.7 Å². The van der Waals surface area contributed by atoms with E-state index in [0.717, 1.165) is 12.0 Å². The molecule has 1 unspecified atom stereocenters. The van der Waals surface area contributed by atoms with Gasteiger partial charge < -0.3 is 10.1 Å². The van der Waals surface area contributed by atoms with E-state index in [0.29, 0.717) is 23.0 Å². The molecule has 2 aromatic rings. The highest BCUT2D eigenvalue weighted by Gasteiger charge is 2.10. The summed E-state index contributed by atoms with van der Waals surface area (Å²) in [5, 5.41) is 6.01. The van der Waals surface area contributed by atoms with Crippen LogP contribution < -0.4 is 15.4 Å². The normalized spacial score (nSPS) is 11.4. The summed E-state index contributed by atoms with van der Waals surface area (Å²) in [4.78, 5) is 12.3. The Balaban J connectivity index is 1.89. The molecule has 126 valence electrons. The predicted octanol–water partition coefficient (Wildman–Crippen LogP) is 3.67. The molecule has 4 nitrogen and oxygen atoms in total. The van der Waals surface area contributed by atoms with E-state index in [1.165, 1.54) is 0 Å². The van der Waals surface area contributed by atoms with Crippen LogP contribution in [0.5, 0.6) is 5.75 Å². The number of thiocarbonyl (C=S) groups is 1. The van der Waals surface area contributed by atoms with E-state index in [4.69, 9.17) is 17.0 Å². The van der Waals surface area contributed by atoms with Crippen LogP contribution >= 0.6 is 12.2 Å². The van der Waals surface area contributed by atoms with E-state index < -0.39 is 0 Å². The molecule has 0 spiro atoms. The van der Waals surface area contributed by atoms with Crippen molar-refractivity contribution < 1.29 is 9.53 Å². The minimum Gasteiger partial charge on any atom is -0.491 e. The second-order valence-electron chi connectivity index (χ2n) is 5.49. The van der Waals surface area contributed by atoms with Crippen molar-refractivity contribution in [1.82, 2.24) is 10.6 Å². The summed E-state index contributed by atoms with van der Waals surface area (Å²) >= 11 is 5.18. The molecule has 0 fully saturated rings. The van der Waals surface area contributed by atoms with Crippen LogP contribution in [-0.2, 0) is 6.54 Å². The Morgan fingerprint density at radius 2 is 1.92 bits per heavy atom. The van der Waals surface area contributed by atoms with Crippen LogP contribution in [0.15, 0.2) is 54.6 Å². The van der Waals surface area contributed by atoms with Gasteiger partial charge in [-0.25, -0.2) is 0 Å². The molecule has 0 saturated heterocycles. The monoisotopic (exact) mass is 342 g/mol. The van der Waals surface area contributed by atoms with Crippen molar-refractivity contribution in [2.45, 2.75) is 32.9 Å². The number of ether oxygens (including phenoxy) is 1. The van der Waals surface area contributed by atoms with Crippen molar-refractivity contribution in [1.29, 1.82) is 0 Å². The highest BCUT2D eigenvalue weighted by Crippen LogP contribution is 2.15. The van der Waals surface area contributed by atoms with E-state index in [-0.39, 0.29) is 12.0 Å². The smallest absolute Gasteiger partial charge is 0.257 e. The molecule has 0 radical (unpaired) electrons. The molecule has 0 aliphatic rings. The fraction of sp³-hybridized carbons (Fsp3) is 0.263. The molecule has 1 amide bonds. The van der Waals surface area contributed by atoms with Gasteiger partial charge in [-0.05, 0) is 49.3 Å². The van der Waals surface area contributed by atoms with E-state index in [1.807, 2.05) is 43.3 Å². The molecule has 0 saturated carbocycles. The van der Waals surface area contributed by atoms with Gasteiger partial charge in [-0.15, -0.1) is 0 Å². The number of hydrogen-bond donors (Lipinski definition) is 2. The second-order valence-corrected chi connectivity index (χ2v) is 5.90. The molecule has 24 heavy (non-hydrogen) atoms. The first-order chi connectivity index (χ1) is 11.6. The van der Waals surface area contributed by atoms with Crippen LogP contribution in [0.3, 0.4) is 0 Å². The first-order valence-corrected chi connectivity index (χ1v) is 8.39. The van der Waals surface area contributed by atoms with Gasteiger partial charge >= 0.3 is 0 Å². The van der Waals surface area contributed by atoms with Gasteiger partial charge in [0, 0.05) is 12.1 Å². The second kappa shape index (κ2) is 9.03. The Bertz CT molecular complexity index is 689. The third-order valence-electron chi connectivity index (χ3n) is 3.53. The van der Waals surface area contributed by atoms with Gasteiger partial charge in [0.25, 0.3) is 5.91 Å². The molecule has 5 heteroatoms. The molecule has 2 aromatic carbocycles. The van der Waals surface area contributed by atoms with Crippen LogP contribution in [0, 0.1) is 0 Å². The van der Waals surface area contributed by atoms with Crippen LogP contribution in [0.1, 0.15) is 36.2 Å². The molecule has 0 aliphatic carbocycles. The lowest BCUT2D eigenvalue weighted by Gasteiger charge is -2.14. The van der Waals surface area contributed by atoms with Crippen molar-refractivity contribution in [2.24, 2.45) is 0 Å². The first kappa shape index (κ1) is 17.9. The molecular formula is C19H22N2O2S. The van der Waals surface area contributed by atoms with Crippen LogP contribution in [-0.4, -0.2) is 17.1 Å². The Kier molecular flexibility index (Phi) is 6.75. The largest absolute Gasteiger partial charge is 0.491 e. The van der Waals surface area contributed by atoms with Gasteiger partial charge in [0.05, 0.1) is 6.10 Å². The van der Waals surface area contributed by atoms with Gasteiger partial charge in [-0.1, -0.05) is 43.3 Å². The molecule has 2 rings (SSSR count). The number of benzene rings is 2. The average Bonchev–Trinajstić information content (AvgIpc) is 2.61. The van der Waals surface area contributed by atoms with Crippen LogP contribution in [0.4, 0.5) is 0 Å². The maximum atomic E-state index is 12.3. The lowest BCUT2D eigenvalue weighted by Crippen LogP contribution is -2.38. The fourth-order valence-corrected chi connectivity index (χ4v) is 2.19. The topological polar surface area (TPSA) is 50.4 Å². The third-order valence-corrected chi connectivity index (χ3v) is 3.78. The number of rotatable bonds is 6. The molecule has 0 bridgehead atoms. The van der Waals surface area contributed by atoms with Crippen LogP contribution in [0.2, 0.25) is 0 Å². The molecule has 0 aliphatic heterocycles. The highest BCUT2D eigenvalue weighted by molar-refractivity contribution is 7.80. The maximum absolute atomic E-state index is 12.3. The summed E-state index contributed by atoms with van der Waals surface area (Å²) in [6, 6.07) is 17.0. The number of amides is 1. The summed E-state index contributed by atoms with van der Waals surface area (Å²) in [6.45, 7) is 4.62. The van der Waals surface area contributed by atoms with Crippen molar-refractivity contribution >= 4 is 23.2 Å². The van der Waals surface area contributed by atoms with E-state index in [2.05, 4.69) is 17.6 Å². The van der Waals surface area contributed by atoms with E-state index in [1.54, 1.807) is 18.2 Å². The number of nitrogens with one attached hydrogen (secondary N) is 2. The van der Waals surface area contributed by atoms with Gasteiger partial charge in [0.15, 0.2) is 5.11 Å². The van der Waals surface area contributed by atoms with E-state index in [9.17, 15) is 4.79 Å². The lowest BCUT2D eigenvalue weighted by atomic mass is 10.2. The summed E-state index contributed by atoms with van der Waals surface area (Å²) < 4.78 is 5.74. The Morgan fingerprint density at radius 3 is 2.62 bits per heavy atom. The van der Waals surface area contributed by atoms with Crippen molar-refractivity contribution in [2.75, 3.05) is 0 Å². The molecule has 0 heterocycles. The zero-order valence-electron chi connectivity index (χ0n) is 13.9. The summed E-state index contributed by atoms with van der Waals surface area (Å²) in [6.07, 6.45) is 1.01. The number of carbonyl (C=O) groups excluding carboxylic acids is 1. The van der Waals surface area contributed by atoms with Crippen molar-refractivity contribution in [3.8, 4) is 5.75 Å². The number of hydrogen-bond acceptors (Lipinski definition) is 3. The predicted molar refractivity (Wildman–Crippen MR) is 100 cm³/mol. The van der Waals surface area contributed by atoms with E-state index >= 15 is 0 Å². The average molecular weight is 342 g/mol.